The number of nitrogens with one attached hydrogen (secondary N) is 1. The summed E-state index contributed by atoms with van der Waals surface area (Å²) in [5.74, 6) is 1.48. The van der Waals surface area contributed by atoms with Gasteiger partial charge in [-0.15, -0.1) is 0 Å². The number of nitrogen functional groups attached to an aromatic ring is 1. The minimum atomic E-state index is -0.489. The Hall–Kier alpha value is -1.36. The summed E-state index contributed by atoms with van der Waals surface area (Å²) in [7, 11) is 1.68. The highest BCUT2D eigenvalue weighted by Crippen LogP contribution is 2.40. The van der Waals surface area contributed by atoms with Crippen LogP contribution in [0.25, 0.3) is 0 Å². The van der Waals surface area contributed by atoms with Crippen molar-refractivity contribution in [2.75, 3.05) is 12.8 Å². The third-order valence-corrected chi connectivity index (χ3v) is 4.18. The summed E-state index contributed by atoms with van der Waals surface area (Å²) in [6, 6.07) is 0. The van der Waals surface area contributed by atoms with Gasteiger partial charge < -0.3 is 15.5 Å². The molecule has 0 spiro atoms. The molecule has 2 rings (SSSR count). The van der Waals surface area contributed by atoms with E-state index in [1.54, 1.807) is 7.11 Å². The Labute approximate surface area is 113 Å². The van der Waals surface area contributed by atoms with Crippen LogP contribution in [-0.2, 0) is 16.8 Å². The van der Waals surface area contributed by atoms with E-state index in [1.165, 1.54) is 6.42 Å². The molecular weight excluding hydrogens is 242 g/mol. The molecule has 5 nitrogen and oxygen atoms in total. The van der Waals surface area contributed by atoms with Crippen molar-refractivity contribution in [3.05, 3.63) is 21.7 Å². The highest BCUT2D eigenvalue weighted by atomic mass is 16.5. The number of methoxy groups -OCH3 is 1. The molecule has 0 aliphatic heterocycles. The Morgan fingerprint density at radius 2 is 2.32 bits per heavy atom. The molecule has 0 bridgehead atoms. The van der Waals surface area contributed by atoms with Crippen molar-refractivity contribution < 1.29 is 4.74 Å². The van der Waals surface area contributed by atoms with E-state index in [0.29, 0.717) is 29.5 Å². The molecule has 1 heterocycles. The summed E-state index contributed by atoms with van der Waals surface area (Å²) in [5, 5.41) is 0. The van der Waals surface area contributed by atoms with Crippen LogP contribution in [0.5, 0.6) is 0 Å². The molecule has 1 aliphatic rings. The number of nitrogens with zero attached hydrogens (tertiary/aromatic N) is 1. The fourth-order valence-corrected chi connectivity index (χ4v) is 3.07. The average molecular weight is 265 g/mol. The van der Waals surface area contributed by atoms with Gasteiger partial charge in [-0.05, 0) is 31.6 Å². The molecule has 0 aromatic carbocycles. The Kier molecular flexibility index (Phi) is 3.94. The van der Waals surface area contributed by atoms with Gasteiger partial charge >= 0.3 is 0 Å². The molecule has 2 atom stereocenters. The number of H-pyrrole nitrogens is 1. The lowest BCUT2D eigenvalue weighted by Crippen LogP contribution is -2.38. The molecular formula is C14H23N3O2. The lowest BCUT2D eigenvalue weighted by molar-refractivity contribution is -0.0647. The molecule has 0 amide bonds. The van der Waals surface area contributed by atoms with Crippen LogP contribution in [-0.4, -0.2) is 17.1 Å². The predicted molar refractivity (Wildman–Crippen MR) is 75.0 cm³/mol. The first-order valence-corrected chi connectivity index (χ1v) is 6.96. The third-order valence-electron chi connectivity index (χ3n) is 4.18. The number of anilines is 1. The van der Waals surface area contributed by atoms with Crippen LogP contribution in [0.4, 0.5) is 5.82 Å². The van der Waals surface area contributed by atoms with Gasteiger partial charge in [-0.1, -0.05) is 20.3 Å². The fourth-order valence-electron chi connectivity index (χ4n) is 3.07. The lowest BCUT2D eigenvalue weighted by Gasteiger charge is -2.38. The second-order valence-electron chi connectivity index (χ2n) is 5.53. The predicted octanol–water partition coefficient (Wildman–Crippen LogP) is 1.97. The van der Waals surface area contributed by atoms with E-state index in [2.05, 4.69) is 16.9 Å². The van der Waals surface area contributed by atoms with Crippen LogP contribution < -0.4 is 11.3 Å². The smallest absolute Gasteiger partial charge is 0.256 e. The number of rotatable bonds is 3. The zero-order chi connectivity index (χ0) is 14.0. The van der Waals surface area contributed by atoms with E-state index in [0.717, 1.165) is 19.3 Å². The van der Waals surface area contributed by atoms with Gasteiger partial charge in [0.2, 0.25) is 0 Å². The van der Waals surface area contributed by atoms with Gasteiger partial charge in [-0.25, -0.2) is 4.98 Å². The first kappa shape index (κ1) is 14.1. The SMILES string of the molecule is CCc1c(N)nc(C2(OC)CCCC(C)C2)[nH]c1=O. The number of aromatic nitrogens is 2. The molecule has 3 N–H and O–H groups in total. The monoisotopic (exact) mass is 265 g/mol. The molecule has 19 heavy (non-hydrogen) atoms. The zero-order valence-corrected chi connectivity index (χ0v) is 12.0. The van der Waals surface area contributed by atoms with Crippen LogP contribution in [0.2, 0.25) is 0 Å². The van der Waals surface area contributed by atoms with Gasteiger partial charge in [0.05, 0.1) is 5.56 Å². The van der Waals surface area contributed by atoms with Gasteiger partial charge in [0.1, 0.15) is 17.2 Å². The number of ether oxygens (including phenoxy) is 1. The van der Waals surface area contributed by atoms with Gasteiger partial charge in [-0.2, -0.15) is 0 Å². The van der Waals surface area contributed by atoms with Crippen LogP contribution in [0.1, 0.15) is 50.9 Å². The Morgan fingerprint density at radius 1 is 1.58 bits per heavy atom. The molecule has 1 aromatic rings. The molecule has 5 heteroatoms. The van der Waals surface area contributed by atoms with E-state index < -0.39 is 5.60 Å². The second-order valence-corrected chi connectivity index (χ2v) is 5.53. The van der Waals surface area contributed by atoms with Crippen molar-refractivity contribution >= 4 is 5.82 Å². The van der Waals surface area contributed by atoms with Crippen LogP contribution in [0.3, 0.4) is 0 Å². The summed E-state index contributed by atoms with van der Waals surface area (Å²) < 4.78 is 5.73. The standard InChI is InChI=1S/C14H23N3O2/c1-4-10-11(15)16-13(17-12(10)18)14(19-3)7-5-6-9(2)8-14/h9H,4-8H2,1-3H3,(H3,15,16,17,18). The summed E-state index contributed by atoms with van der Waals surface area (Å²) in [6.45, 7) is 4.10. The van der Waals surface area contributed by atoms with Gasteiger partial charge in [0.15, 0.2) is 0 Å². The van der Waals surface area contributed by atoms with Crippen molar-refractivity contribution in [2.45, 2.75) is 51.6 Å². The zero-order valence-electron chi connectivity index (χ0n) is 12.0. The molecule has 0 saturated heterocycles. The second kappa shape index (κ2) is 5.33. The highest BCUT2D eigenvalue weighted by molar-refractivity contribution is 5.38. The Balaban J connectivity index is 2.47. The summed E-state index contributed by atoms with van der Waals surface area (Å²) in [4.78, 5) is 19.3. The van der Waals surface area contributed by atoms with Gasteiger partial charge in [0, 0.05) is 7.11 Å². The molecule has 1 saturated carbocycles. The molecule has 1 aliphatic carbocycles. The van der Waals surface area contributed by atoms with Crippen molar-refractivity contribution in [3.63, 3.8) is 0 Å². The van der Waals surface area contributed by atoms with E-state index in [4.69, 9.17) is 10.5 Å². The number of hydrogen-bond acceptors (Lipinski definition) is 4. The van der Waals surface area contributed by atoms with Crippen molar-refractivity contribution in [1.82, 2.24) is 9.97 Å². The molecule has 106 valence electrons. The van der Waals surface area contributed by atoms with E-state index >= 15 is 0 Å². The highest BCUT2D eigenvalue weighted by Gasteiger charge is 2.39. The summed E-state index contributed by atoms with van der Waals surface area (Å²) >= 11 is 0. The molecule has 0 radical (unpaired) electrons. The minimum Gasteiger partial charge on any atom is -0.383 e. The number of hydrogen-bond donors (Lipinski definition) is 2. The maximum Gasteiger partial charge on any atom is 0.256 e. The van der Waals surface area contributed by atoms with E-state index in [-0.39, 0.29) is 5.56 Å². The largest absolute Gasteiger partial charge is 0.383 e. The minimum absolute atomic E-state index is 0.139. The van der Waals surface area contributed by atoms with Crippen LogP contribution in [0.15, 0.2) is 4.79 Å². The van der Waals surface area contributed by atoms with Crippen LogP contribution >= 0.6 is 0 Å². The Morgan fingerprint density at radius 3 is 2.84 bits per heavy atom. The van der Waals surface area contributed by atoms with E-state index in [1.807, 2.05) is 6.92 Å². The van der Waals surface area contributed by atoms with Crippen molar-refractivity contribution in [2.24, 2.45) is 5.92 Å². The molecule has 2 unspecified atom stereocenters. The lowest BCUT2D eigenvalue weighted by atomic mass is 9.78. The number of aromatic amines is 1. The maximum absolute atomic E-state index is 12.0. The van der Waals surface area contributed by atoms with E-state index in [9.17, 15) is 4.79 Å². The fraction of sp³-hybridized carbons (Fsp3) is 0.714. The maximum atomic E-state index is 12.0. The summed E-state index contributed by atoms with van der Waals surface area (Å²) in [5.41, 5.74) is 5.83. The quantitative estimate of drug-likeness (QED) is 0.875. The first-order valence-electron chi connectivity index (χ1n) is 6.96. The first-order chi connectivity index (χ1) is 9.02. The topological polar surface area (TPSA) is 81.0 Å². The number of nitrogens with two attached hydrogens (primary N) is 1. The molecule has 1 aromatic heterocycles. The summed E-state index contributed by atoms with van der Waals surface area (Å²) in [6.07, 6.45) is 4.61. The van der Waals surface area contributed by atoms with Crippen molar-refractivity contribution in [3.8, 4) is 0 Å². The molecule has 1 fully saturated rings. The van der Waals surface area contributed by atoms with Gasteiger partial charge in [-0.3, -0.25) is 4.79 Å². The van der Waals surface area contributed by atoms with Crippen molar-refractivity contribution in [1.29, 1.82) is 0 Å². The Bertz CT molecular complexity index is 512. The normalized spacial score (nSPS) is 27.4. The third kappa shape index (κ3) is 2.52. The van der Waals surface area contributed by atoms with Gasteiger partial charge in [0.25, 0.3) is 5.56 Å². The average Bonchev–Trinajstić information content (AvgIpc) is 2.38. The van der Waals surface area contributed by atoms with Crippen LogP contribution in [0, 0.1) is 5.92 Å².